The van der Waals surface area contributed by atoms with Crippen LogP contribution in [-0.4, -0.2) is 15.3 Å². The number of rotatable bonds is 3. The standard InChI is InChI=1S/C16H21N3/c1-3-19-15(8-12(2)18-19)11-16(17)9-13-6-4-5-7-14(13)10-16/h4-8H,3,9-11,17H2,1-2H3. The number of hydrogen-bond acceptors (Lipinski definition) is 2. The van der Waals surface area contributed by atoms with Gasteiger partial charge in [0.2, 0.25) is 0 Å². The topological polar surface area (TPSA) is 43.8 Å². The van der Waals surface area contributed by atoms with Crippen LogP contribution >= 0.6 is 0 Å². The molecule has 1 aliphatic carbocycles. The molecule has 1 aromatic carbocycles. The van der Waals surface area contributed by atoms with Crippen LogP contribution in [0.3, 0.4) is 0 Å². The van der Waals surface area contributed by atoms with Crippen molar-refractivity contribution >= 4 is 0 Å². The molecule has 0 unspecified atom stereocenters. The van der Waals surface area contributed by atoms with Gasteiger partial charge in [0.1, 0.15) is 0 Å². The Morgan fingerprint density at radius 3 is 2.47 bits per heavy atom. The molecule has 2 aromatic rings. The molecule has 3 nitrogen and oxygen atoms in total. The third kappa shape index (κ3) is 2.30. The molecular weight excluding hydrogens is 234 g/mol. The summed E-state index contributed by atoms with van der Waals surface area (Å²) in [4.78, 5) is 0. The fraction of sp³-hybridized carbons (Fsp3) is 0.438. The molecule has 19 heavy (non-hydrogen) atoms. The van der Waals surface area contributed by atoms with Crippen LogP contribution < -0.4 is 5.73 Å². The Labute approximate surface area is 114 Å². The molecule has 3 rings (SSSR count). The van der Waals surface area contributed by atoms with Crippen molar-refractivity contribution in [2.75, 3.05) is 0 Å². The van der Waals surface area contributed by atoms with Crippen LogP contribution in [0.1, 0.15) is 29.4 Å². The van der Waals surface area contributed by atoms with E-state index in [2.05, 4.69) is 47.0 Å². The first-order valence-electron chi connectivity index (χ1n) is 6.99. The summed E-state index contributed by atoms with van der Waals surface area (Å²) < 4.78 is 2.08. The van der Waals surface area contributed by atoms with Gasteiger partial charge in [-0.05, 0) is 43.9 Å². The van der Waals surface area contributed by atoms with Crippen molar-refractivity contribution in [3.05, 3.63) is 52.8 Å². The van der Waals surface area contributed by atoms with Crippen molar-refractivity contribution in [2.45, 2.75) is 45.2 Å². The van der Waals surface area contributed by atoms with E-state index < -0.39 is 0 Å². The second kappa shape index (κ2) is 4.49. The van der Waals surface area contributed by atoms with Crippen LogP contribution in [0.2, 0.25) is 0 Å². The summed E-state index contributed by atoms with van der Waals surface area (Å²) in [6.07, 6.45) is 2.84. The number of nitrogens with zero attached hydrogens (tertiary/aromatic N) is 2. The van der Waals surface area contributed by atoms with Gasteiger partial charge in [0.05, 0.1) is 5.69 Å². The lowest BCUT2D eigenvalue weighted by atomic mass is 9.91. The summed E-state index contributed by atoms with van der Waals surface area (Å²) in [7, 11) is 0. The smallest absolute Gasteiger partial charge is 0.0596 e. The first-order chi connectivity index (χ1) is 9.09. The van der Waals surface area contributed by atoms with E-state index in [0.29, 0.717) is 0 Å². The van der Waals surface area contributed by atoms with E-state index in [1.807, 2.05) is 6.92 Å². The number of aromatic nitrogens is 2. The van der Waals surface area contributed by atoms with Crippen LogP contribution in [0, 0.1) is 6.92 Å². The van der Waals surface area contributed by atoms with E-state index >= 15 is 0 Å². The van der Waals surface area contributed by atoms with Gasteiger partial charge in [-0.3, -0.25) is 4.68 Å². The van der Waals surface area contributed by atoms with Crippen molar-refractivity contribution < 1.29 is 0 Å². The van der Waals surface area contributed by atoms with Crippen molar-refractivity contribution in [3.8, 4) is 0 Å². The van der Waals surface area contributed by atoms with E-state index in [1.54, 1.807) is 0 Å². The molecule has 1 aromatic heterocycles. The third-order valence-electron chi connectivity index (χ3n) is 4.02. The number of hydrogen-bond donors (Lipinski definition) is 1. The predicted octanol–water partition coefficient (Wildman–Crippen LogP) is 2.25. The van der Waals surface area contributed by atoms with Crippen LogP contribution in [0.25, 0.3) is 0 Å². The molecule has 0 saturated heterocycles. The molecule has 2 N–H and O–H groups in total. The summed E-state index contributed by atoms with van der Waals surface area (Å²) in [6.45, 7) is 5.08. The molecule has 0 fully saturated rings. The molecule has 1 heterocycles. The van der Waals surface area contributed by atoms with E-state index in [1.165, 1.54) is 16.8 Å². The fourth-order valence-electron chi connectivity index (χ4n) is 3.22. The largest absolute Gasteiger partial charge is 0.324 e. The van der Waals surface area contributed by atoms with Gasteiger partial charge in [0.25, 0.3) is 0 Å². The summed E-state index contributed by atoms with van der Waals surface area (Å²) in [6, 6.07) is 10.8. The summed E-state index contributed by atoms with van der Waals surface area (Å²) in [5, 5.41) is 4.51. The van der Waals surface area contributed by atoms with E-state index in [0.717, 1.165) is 31.5 Å². The first-order valence-corrected chi connectivity index (χ1v) is 6.99. The third-order valence-corrected chi connectivity index (χ3v) is 4.02. The summed E-state index contributed by atoms with van der Waals surface area (Å²) in [5.74, 6) is 0. The Hall–Kier alpha value is -1.61. The monoisotopic (exact) mass is 255 g/mol. The Kier molecular flexibility index (Phi) is 2.94. The minimum Gasteiger partial charge on any atom is -0.324 e. The maximum atomic E-state index is 6.63. The van der Waals surface area contributed by atoms with E-state index in [4.69, 9.17) is 5.73 Å². The lowest BCUT2D eigenvalue weighted by Crippen LogP contribution is -2.43. The molecule has 0 atom stereocenters. The van der Waals surface area contributed by atoms with Gasteiger partial charge >= 0.3 is 0 Å². The normalized spacial score (nSPS) is 16.6. The summed E-state index contributed by atoms with van der Waals surface area (Å²) >= 11 is 0. The Morgan fingerprint density at radius 1 is 1.26 bits per heavy atom. The predicted molar refractivity (Wildman–Crippen MR) is 77.1 cm³/mol. The summed E-state index contributed by atoms with van der Waals surface area (Å²) in [5.41, 5.74) is 11.6. The molecule has 1 aliphatic rings. The van der Waals surface area contributed by atoms with Crippen LogP contribution in [0.5, 0.6) is 0 Å². The minimum atomic E-state index is -0.150. The van der Waals surface area contributed by atoms with Gasteiger partial charge in [-0.1, -0.05) is 24.3 Å². The lowest BCUT2D eigenvalue weighted by Gasteiger charge is -2.23. The van der Waals surface area contributed by atoms with Crippen LogP contribution in [0.4, 0.5) is 0 Å². The maximum Gasteiger partial charge on any atom is 0.0596 e. The van der Waals surface area contributed by atoms with Crippen molar-refractivity contribution in [1.29, 1.82) is 0 Å². The lowest BCUT2D eigenvalue weighted by molar-refractivity contribution is 0.427. The highest BCUT2D eigenvalue weighted by atomic mass is 15.3. The second-order valence-corrected chi connectivity index (χ2v) is 5.75. The van der Waals surface area contributed by atoms with Gasteiger partial charge in [0, 0.05) is 24.2 Å². The molecule has 0 spiro atoms. The first kappa shape index (κ1) is 12.4. The molecule has 0 bridgehead atoms. The molecular formula is C16H21N3. The van der Waals surface area contributed by atoms with Gasteiger partial charge in [-0.15, -0.1) is 0 Å². The highest BCUT2D eigenvalue weighted by Crippen LogP contribution is 2.30. The van der Waals surface area contributed by atoms with Gasteiger partial charge in [-0.2, -0.15) is 5.10 Å². The quantitative estimate of drug-likeness (QED) is 0.914. The van der Waals surface area contributed by atoms with Gasteiger partial charge in [-0.25, -0.2) is 0 Å². The maximum absolute atomic E-state index is 6.63. The SMILES string of the molecule is CCn1nc(C)cc1CC1(N)Cc2ccccc2C1. The van der Waals surface area contributed by atoms with E-state index in [-0.39, 0.29) is 5.54 Å². The van der Waals surface area contributed by atoms with Gasteiger partial charge < -0.3 is 5.73 Å². The van der Waals surface area contributed by atoms with Crippen LogP contribution in [0.15, 0.2) is 30.3 Å². The Balaban J connectivity index is 1.84. The Bertz CT molecular complexity index is 573. The average Bonchev–Trinajstić information content (AvgIpc) is 2.88. The zero-order valence-corrected chi connectivity index (χ0v) is 11.7. The fourth-order valence-corrected chi connectivity index (χ4v) is 3.22. The number of fused-ring (bicyclic) bond motifs is 1. The van der Waals surface area contributed by atoms with Crippen molar-refractivity contribution in [3.63, 3.8) is 0 Å². The zero-order chi connectivity index (χ0) is 13.5. The van der Waals surface area contributed by atoms with Crippen LogP contribution in [-0.2, 0) is 25.8 Å². The molecule has 0 saturated carbocycles. The van der Waals surface area contributed by atoms with E-state index in [9.17, 15) is 0 Å². The van der Waals surface area contributed by atoms with Gasteiger partial charge in [0.15, 0.2) is 0 Å². The molecule has 0 aliphatic heterocycles. The van der Waals surface area contributed by atoms with Crippen molar-refractivity contribution in [2.24, 2.45) is 5.73 Å². The zero-order valence-electron chi connectivity index (χ0n) is 11.7. The molecule has 100 valence electrons. The number of aryl methyl sites for hydroxylation is 2. The average molecular weight is 255 g/mol. The molecule has 3 heteroatoms. The highest BCUT2D eigenvalue weighted by molar-refractivity contribution is 5.37. The van der Waals surface area contributed by atoms with Crippen molar-refractivity contribution in [1.82, 2.24) is 9.78 Å². The molecule has 0 amide bonds. The Morgan fingerprint density at radius 2 is 1.89 bits per heavy atom. The second-order valence-electron chi connectivity index (χ2n) is 5.75. The number of benzene rings is 1. The minimum absolute atomic E-state index is 0.150. The highest BCUT2D eigenvalue weighted by Gasteiger charge is 2.34. The molecule has 0 radical (unpaired) electrons. The number of nitrogens with two attached hydrogens (primary N) is 1.